The normalized spacial score (nSPS) is 33.2. The van der Waals surface area contributed by atoms with Crippen LogP contribution in [0.1, 0.15) is 58.1 Å². The van der Waals surface area contributed by atoms with Gasteiger partial charge in [0, 0.05) is 28.1 Å². The lowest BCUT2D eigenvalue weighted by Gasteiger charge is -2.26. The molecule has 1 aromatic rings. The fourth-order valence-electron chi connectivity index (χ4n) is 2.69. The Hall–Kier alpha value is -2.21. The van der Waals surface area contributed by atoms with Crippen LogP contribution in [0.3, 0.4) is 0 Å². The molecule has 0 spiro atoms. The van der Waals surface area contributed by atoms with Gasteiger partial charge in [-0.2, -0.15) is 0 Å². The Balaban J connectivity index is 2.46. The summed E-state index contributed by atoms with van der Waals surface area (Å²) in [7, 11) is 1.20. The second-order valence-electron chi connectivity index (χ2n) is 7.05. The van der Waals surface area contributed by atoms with E-state index in [4.69, 9.17) is 6.85 Å². The van der Waals surface area contributed by atoms with E-state index >= 15 is 0 Å². The highest BCUT2D eigenvalue weighted by molar-refractivity contribution is 5.93. The molecule has 0 bridgehead atoms. The number of Topliss-reactive ketones (excluding diaryl/α,β-unsaturated/α-hetero) is 1. The van der Waals surface area contributed by atoms with E-state index in [1.807, 2.05) is 0 Å². The summed E-state index contributed by atoms with van der Waals surface area (Å²) in [6.07, 6.45) is -5.22. The molecule has 0 aliphatic carbocycles. The first-order chi connectivity index (χ1) is 14.4. The monoisotopic (exact) mass is 379 g/mol. The van der Waals surface area contributed by atoms with Gasteiger partial charge in [0.25, 0.3) is 0 Å². The van der Waals surface area contributed by atoms with Gasteiger partial charge < -0.3 is 15.3 Å². The zero-order valence-electron chi connectivity index (χ0n) is 21.3. The Labute approximate surface area is 168 Å². The van der Waals surface area contributed by atoms with Crippen molar-refractivity contribution >= 4 is 17.6 Å². The summed E-state index contributed by atoms with van der Waals surface area (Å²) in [5.41, 5.74) is -0.182. The predicted molar refractivity (Wildman–Crippen MR) is 103 cm³/mol. The fourth-order valence-corrected chi connectivity index (χ4v) is 2.69. The number of carbonyl (C=O) groups is 3. The zero-order valence-corrected chi connectivity index (χ0v) is 16.3. The molecule has 2 rings (SSSR count). The Bertz CT molecular complexity index is 935. The Morgan fingerprint density at radius 2 is 2.04 bits per heavy atom. The second-order valence-corrected chi connectivity index (χ2v) is 7.05. The summed E-state index contributed by atoms with van der Waals surface area (Å²) >= 11 is 0. The average Bonchev–Trinajstić information content (AvgIpc) is 2.73. The molecule has 0 aromatic heterocycles. The predicted octanol–water partition coefficient (Wildman–Crippen LogP) is 1.86. The maximum absolute atomic E-state index is 13.3. The van der Waals surface area contributed by atoms with Crippen molar-refractivity contribution in [2.45, 2.75) is 58.6 Å². The summed E-state index contributed by atoms with van der Waals surface area (Å²) in [5.74, 6) is -4.50. The molecule has 1 heterocycles. The summed E-state index contributed by atoms with van der Waals surface area (Å²) in [6, 6.07) is 1.23. The Kier molecular flexibility index (Phi) is 4.74. The molecular weight excluding hydrogens is 344 g/mol. The lowest BCUT2D eigenvalue weighted by atomic mass is 9.94. The number of fused-ring (bicyclic) bond motifs is 1. The molecule has 1 aliphatic rings. The second kappa shape index (κ2) is 8.65. The van der Waals surface area contributed by atoms with E-state index in [0.29, 0.717) is 0 Å². The molecule has 0 radical (unpaired) electrons. The number of aliphatic hydroxyl groups is 1. The van der Waals surface area contributed by atoms with Crippen molar-refractivity contribution in [1.82, 2.24) is 10.2 Å². The maximum atomic E-state index is 13.3. The van der Waals surface area contributed by atoms with E-state index in [-0.39, 0.29) is 11.1 Å². The zero-order chi connectivity index (χ0) is 24.9. The number of ketones is 1. The quantitative estimate of drug-likeness (QED) is 0.790. The van der Waals surface area contributed by atoms with Gasteiger partial charge in [0.2, 0.25) is 11.8 Å². The van der Waals surface area contributed by atoms with Crippen LogP contribution in [0.25, 0.3) is 0 Å². The van der Waals surface area contributed by atoms with Gasteiger partial charge in [-0.25, -0.2) is 0 Å². The third-order valence-electron chi connectivity index (χ3n) is 4.55. The number of rotatable bonds is 6. The smallest absolute Gasteiger partial charge is 0.249 e. The average molecular weight is 380 g/mol. The molecular formula is C21H30N2O4. The van der Waals surface area contributed by atoms with Gasteiger partial charge in [-0.05, 0) is 30.3 Å². The summed E-state index contributed by atoms with van der Waals surface area (Å²) < 4.78 is 42.2. The van der Waals surface area contributed by atoms with Crippen molar-refractivity contribution in [3.63, 3.8) is 0 Å². The number of nitrogens with zero attached hydrogens (tertiary/aromatic N) is 1. The molecule has 1 aliphatic heterocycles. The molecule has 2 N–H and O–H groups in total. The van der Waals surface area contributed by atoms with Gasteiger partial charge in [-0.3, -0.25) is 14.4 Å². The molecule has 4 atom stereocenters. The van der Waals surface area contributed by atoms with Crippen LogP contribution in [-0.2, 0) is 20.8 Å². The molecule has 0 fully saturated rings. The van der Waals surface area contributed by atoms with Crippen molar-refractivity contribution in [3.8, 4) is 0 Å². The first kappa shape index (κ1) is 14.8. The van der Waals surface area contributed by atoms with Crippen molar-refractivity contribution in [2.24, 2.45) is 11.8 Å². The molecule has 1 aromatic carbocycles. The van der Waals surface area contributed by atoms with Crippen molar-refractivity contribution in [2.75, 3.05) is 7.05 Å². The highest BCUT2D eigenvalue weighted by Crippen LogP contribution is 2.27. The molecule has 1 unspecified atom stereocenters. The first-order valence-electron chi connectivity index (χ1n) is 11.4. The largest absolute Gasteiger partial charge is 0.385 e. The summed E-state index contributed by atoms with van der Waals surface area (Å²) in [4.78, 5) is 39.3. The Morgan fingerprint density at radius 3 is 2.67 bits per heavy atom. The van der Waals surface area contributed by atoms with E-state index in [9.17, 15) is 19.5 Å². The van der Waals surface area contributed by atoms with E-state index in [2.05, 4.69) is 5.32 Å². The third kappa shape index (κ3) is 4.75. The summed E-state index contributed by atoms with van der Waals surface area (Å²) in [5, 5.41) is 12.4. The van der Waals surface area contributed by atoms with Crippen LogP contribution in [0.2, 0.25) is 0 Å². The van der Waals surface area contributed by atoms with Crippen LogP contribution < -0.4 is 5.32 Å². The molecule has 2 amide bonds. The van der Waals surface area contributed by atoms with Crippen LogP contribution in [0.4, 0.5) is 0 Å². The molecule has 6 nitrogen and oxygen atoms in total. The van der Waals surface area contributed by atoms with E-state index < -0.39 is 60.3 Å². The van der Waals surface area contributed by atoms with Crippen molar-refractivity contribution < 1.29 is 26.3 Å². The number of carbonyl (C=O) groups excluding carboxylic acids is 3. The van der Waals surface area contributed by atoms with E-state index in [1.165, 1.54) is 59.0 Å². The minimum absolute atomic E-state index is 0.0745. The van der Waals surface area contributed by atoms with Crippen LogP contribution in [0.5, 0.6) is 0 Å². The van der Waals surface area contributed by atoms with Gasteiger partial charge in [-0.1, -0.05) is 45.0 Å². The van der Waals surface area contributed by atoms with Crippen molar-refractivity contribution in [3.05, 3.63) is 35.4 Å². The lowest BCUT2D eigenvalue weighted by Crippen LogP contribution is -2.44. The van der Waals surface area contributed by atoms with Gasteiger partial charge in [0.15, 0.2) is 5.78 Å². The summed E-state index contributed by atoms with van der Waals surface area (Å²) in [6.45, 7) is 5.59. The first-order valence-corrected chi connectivity index (χ1v) is 8.88. The van der Waals surface area contributed by atoms with Crippen LogP contribution >= 0.6 is 0 Å². The molecule has 6 heteroatoms. The van der Waals surface area contributed by atoms with E-state index in [1.54, 1.807) is 0 Å². The van der Waals surface area contributed by atoms with Crippen LogP contribution in [0, 0.1) is 11.8 Å². The topological polar surface area (TPSA) is 86.7 Å². The number of nitrogens with one attached hydrogen (secondary N) is 1. The highest BCUT2D eigenvalue weighted by atomic mass is 16.3. The maximum Gasteiger partial charge on any atom is 0.249 e. The molecule has 27 heavy (non-hydrogen) atoms. The minimum atomic E-state index is -2.44. The van der Waals surface area contributed by atoms with E-state index in [0.717, 1.165) is 4.90 Å². The number of hydrogen-bond acceptors (Lipinski definition) is 4. The van der Waals surface area contributed by atoms with Gasteiger partial charge >= 0.3 is 0 Å². The standard InChI is InChI=1S/C21H30N2O4/c1-12(2)19(25)17(24)10-13(3)20(26)22-18-16-9-7-6-8-15(16)11-14(4)23(5)21(18)27/h6-9,12-14,18-19,25H,10-11H2,1-5H3,(H,22,26)/t13-,14?,18+,19+/m1/s1/i11D2,14D,18D,19D. The highest BCUT2D eigenvalue weighted by Gasteiger charge is 2.34. The number of benzene rings is 1. The third-order valence-corrected chi connectivity index (χ3v) is 4.55. The van der Waals surface area contributed by atoms with Crippen molar-refractivity contribution in [1.29, 1.82) is 0 Å². The fraction of sp³-hybridized carbons (Fsp3) is 0.571. The Morgan fingerprint density at radius 1 is 1.41 bits per heavy atom. The minimum Gasteiger partial charge on any atom is -0.385 e. The van der Waals surface area contributed by atoms with Gasteiger partial charge in [-0.15, -0.1) is 0 Å². The number of amides is 2. The lowest BCUT2D eigenvalue weighted by molar-refractivity contribution is -0.138. The van der Waals surface area contributed by atoms with Gasteiger partial charge in [0.1, 0.15) is 12.1 Å². The molecule has 148 valence electrons. The van der Waals surface area contributed by atoms with Crippen LogP contribution in [0.15, 0.2) is 24.3 Å². The van der Waals surface area contributed by atoms with Gasteiger partial charge in [0.05, 0.1) is 4.11 Å². The molecule has 0 saturated heterocycles. The number of hydrogen-bond donors (Lipinski definition) is 2. The van der Waals surface area contributed by atoms with Crippen LogP contribution in [-0.4, -0.2) is 46.7 Å². The SMILES string of the molecule is [2H]C1([2H])c2ccccc2[C@]([2H])(NC(=O)[C@H](C)CC(=O)[C@@]([2H])(O)C(C)C)C(=O)N(C)C1([2H])C. The molecule has 0 saturated carbocycles. The number of likely N-dealkylation sites (N-methyl/N-ethyl adjacent to an activating group) is 1.